The topological polar surface area (TPSA) is 127 Å². The molecule has 196 valence electrons. The monoisotopic (exact) mass is 549 g/mol. The summed E-state index contributed by atoms with van der Waals surface area (Å²) in [5.41, 5.74) is 2.40. The first-order chi connectivity index (χ1) is 17.5. The largest absolute Gasteiger partial charge is 0.323 e. The number of nitrogens with one attached hydrogen (secondary N) is 1. The van der Waals surface area contributed by atoms with Gasteiger partial charge < -0.3 is 5.32 Å². The summed E-state index contributed by atoms with van der Waals surface area (Å²) in [6.07, 6.45) is 0.658. The molecule has 0 bridgehead atoms. The van der Waals surface area contributed by atoms with Crippen LogP contribution in [0.4, 0.5) is 15.8 Å². The molecule has 37 heavy (non-hydrogen) atoms. The predicted molar refractivity (Wildman–Crippen MR) is 135 cm³/mol. The number of nitrogens with zero attached hydrogens (tertiary/aromatic N) is 4. The van der Waals surface area contributed by atoms with Gasteiger partial charge in [0.1, 0.15) is 5.82 Å². The van der Waals surface area contributed by atoms with Crippen LogP contribution in [0.25, 0.3) is 0 Å². The van der Waals surface area contributed by atoms with Crippen LogP contribution in [-0.4, -0.2) is 46.4 Å². The quantitative estimate of drug-likeness (QED) is 0.346. The van der Waals surface area contributed by atoms with E-state index in [-0.39, 0.29) is 34.6 Å². The SMILES string of the molecule is Cc1nn(Cc2ccc(F)cc2Cl)c(C)c1NC(=O)C1CCN(S(=O)(=O)c2ccc([N+](=O)[O-])cc2)CC1. The number of aromatic nitrogens is 2. The Bertz CT molecular complexity index is 1450. The number of benzene rings is 2. The summed E-state index contributed by atoms with van der Waals surface area (Å²) in [6.45, 7) is 4.19. The minimum atomic E-state index is -3.83. The highest BCUT2D eigenvalue weighted by molar-refractivity contribution is 7.89. The van der Waals surface area contributed by atoms with Crippen molar-refractivity contribution in [3.05, 3.63) is 80.4 Å². The molecule has 1 saturated heterocycles. The molecule has 1 aromatic heterocycles. The lowest BCUT2D eigenvalue weighted by molar-refractivity contribution is -0.384. The smallest absolute Gasteiger partial charge is 0.269 e. The molecule has 0 aliphatic carbocycles. The second-order valence-corrected chi connectivity index (χ2v) is 11.2. The fraction of sp³-hybridized carbons (Fsp3) is 0.333. The Hall–Kier alpha value is -3.35. The van der Waals surface area contributed by atoms with E-state index in [1.54, 1.807) is 17.7 Å². The van der Waals surface area contributed by atoms with Crippen molar-refractivity contribution in [1.29, 1.82) is 0 Å². The van der Waals surface area contributed by atoms with E-state index in [2.05, 4.69) is 10.4 Å². The molecule has 1 aliphatic rings. The van der Waals surface area contributed by atoms with Crippen molar-refractivity contribution >= 4 is 38.9 Å². The summed E-state index contributed by atoms with van der Waals surface area (Å²) in [7, 11) is -3.83. The molecule has 10 nitrogen and oxygen atoms in total. The van der Waals surface area contributed by atoms with Gasteiger partial charge in [0.25, 0.3) is 5.69 Å². The molecule has 1 N–H and O–H groups in total. The third-order valence-corrected chi connectivity index (χ3v) is 8.74. The zero-order chi connectivity index (χ0) is 26.9. The van der Waals surface area contributed by atoms with Crippen LogP contribution >= 0.6 is 11.6 Å². The highest BCUT2D eigenvalue weighted by Crippen LogP contribution is 2.28. The Kier molecular flexibility index (Phi) is 7.62. The molecule has 1 amide bonds. The maximum absolute atomic E-state index is 13.4. The fourth-order valence-corrected chi connectivity index (χ4v) is 6.01. The normalized spacial score (nSPS) is 15.0. The number of rotatable bonds is 7. The van der Waals surface area contributed by atoms with E-state index in [1.807, 2.05) is 6.92 Å². The van der Waals surface area contributed by atoms with Crippen molar-refractivity contribution in [1.82, 2.24) is 14.1 Å². The van der Waals surface area contributed by atoms with Gasteiger partial charge in [-0.2, -0.15) is 9.40 Å². The van der Waals surface area contributed by atoms with Crippen molar-refractivity contribution in [2.75, 3.05) is 18.4 Å². The van der Waals surface area contributed by atoms with E-state index in [9.17, 15) is 27.7 Å². The van der Waals surface area contributed by atoms with Crippen LogP contribution in [-0.2, 0) is 21.4 Å². The lowest BCUT2D eigenvalue weighted by Gasteiger charge is -2.30. The minimum Gasteiger partial charge on any atom is -0.323 e. The van der Waals surface area contributed by atoms with Crippen molar-refractivity contribution in [3.8, 4) is 0 Å². The highest BCUT2D eigenvalue weighted by atomic mass is 35.5. The second kappa shape index (κ2) is 10.6. The summed E-state index contributed by atoms with van der Waals surface area (Å²) in [5, 5.41) is 18.5. The summed E-state index contributed by atoms with van der Waals surface area (Å²) < 4.78 is 42.2. The maximum Gasteiger partial charge on any atom is 0.269 e. The Balaban J connectivity index is 1.40. The van der Waals surface area contributed by atoms with Gasteiger partial charge in [0.05, 0.1) is 33.4 Å². The van der Waals surface area contributed by atoms with E-state index in [4.69, 9.17) is 11.6 Å². The first-order valence-electron chi connectivity index (χ1n) is 11.5. The van der Waals surface area contributed by atoms with Crippen LogP contribution in [0, 0.1) is 35.7 Å². The first-order valence-corrected chi connectivity index (χ1v) is 13.3. The van der Waals surface area contributed by atoms with Crippen molar-refractivity contribution in [3.63, 3.8) is 0 Å². The zero-order valence-corrected chi connectivity index (χ0v) is 21.7. The third-order valence-electron chi connectivity index (χ3n) is 6.47. The molecule has 1 aliphatic heterocycles. The molecular formula is C24H25ClFN5O5S. The number of piperidine rings is 1. The average Bonchev–Trinajstić information content (AvgIpc) is 3.13. The van der Waals surface area contributed by atoms with Gasteiger partial charge in [0.2, 0.25) is 15.9 Å². The van der Waals surface area contributed by atoms with Crippen LogP contribution in [0.3, 0.4) is 0 Å². The number of aryl methyl sites for hydroxylation is 1. The van der Waals surface area contributed by atoms with Gasteiger partial charge in [-0.3, -0.25) is 19.6 Å². The van der Waals surface area contributed by atoms with Crippen LogP contribution in [0.1, 0.15) is 29.8 Å². The standard InChI is InChI=1S/C24H25ClFN5O5S/c1-15-23(16(2)30(28-15)14-18-3-4-19(26)13-22(18)25)27-24(32)17-9-11-29(12-10-17)37(35,36)21-7-5-20(6-8-21)31(33)34/h3-8,13,17H,9-12,14H2,1-2H3,(H,27,32). The second-order valence-electron chi connectivity index (χ2n) is 8.86. The molecule has 0 radical (unpaired) electrons. The Morgan fingerprint density at radius 3 is 2.43 bits per heavy atom. The van der Waals surface area contributed by atoms with Crippen molar-refractivity contribution < 1.29 is 22.5 Å². The fourth-order valence-electron chi connectivity index (χ4n) is 4.32. The Morgan fingerprint density at radius 2 is 1.84 bits per heavy atom. The number of carbonyl (C=O) groups is 1. The molecule has 0 atom stereocenters. The molecular weight excluding hydrogens is 525 g/mol. The number of anilines is 1. The summed E-state index contributed by atoms with van der Waals surface area (Å²) in [6, 6.07) is 8.89. The molecule has 2 heterocycles. The zero-order valence-electron chi connectivity index (χ0n) is 20.1. The molecule has 3 aromatic rings. The Morgan fingerprint density at radius 1 is 1.19 bits per heavy atom. The predicted octanol–water partition coefficient (Wildman–Crippen LogP) is 4.29. The molecule has 1 fully saturated rings. The van der Waals surface area contributed by atoms with Crippen molar-refractivity contribution in [2.45, 2.75) is 38.1 Å². The lowest BCUT2D eigenvalue weighted by Crippen LogP contribution is -2.41. The summed E-state index contributed by atoms with van der Waals surface area (Å²) in [4.78, 5) is 23.2. The average molecular weight is 550 g/mol. The molecule has 2 aromatic carbocycles. The molecule has 0 saturated carbocycles. The van der Waals surface area contributed by atoms with Crippen molar-refractivity contribution in [2.24, 2.45) is 5.92 Å². The third kappa shape index (κ3) is 5.65. The van der Waals surface area contributed by atoms with Crippen LogP contribution in [0.2, 0.25) is 5.02 Å². The summed E-state index contributed by atoms with van der Waals surface area (Å²) >= 11 is 6.14. The van der Waals surface area contributed by atoms with E-state index in [1.165, 1.54) is 28.6 Å². The van der Waals surface area contributed by atoms with Crippen LogP contribution < -0.4 is 5.32 Å². The number of nitro groups is 1. The van der Waals surface area contributed by atoms with E-state index in [0.29, 0.717) is 42.0 Å². The first kappa shape index (κ1) is 26.7. The van der Waals surface area contributed by atoms with E-state index >= 15 is 0 Å². The van der Waals surface area contributed by atoms with Gasteiger partial charge in [-0.25, -0.2) is 12.8 Å². The lowest BCUT2D eigenvalue weighted by atomic mass is 9.97. The highest BCUT2D eigenvalue weighted by Gasteiger charge is 2.33. The van der Waals surface area contributed by atoms with Gasteiger partial charge >= 0.3 is 0 Å². The number of halogens is 2. The number of nitro benzene ring substituents is 1. The number of non-ortho nitro benzene ring substituents is 1. The van der Waals surface area contributed by atoms with Gasteiger partial charge in [0.15, 0.2) is 0 Å². The van der Waals surface area contributed by atoms with Gasteiger partial charge in [-0.05, 0) is 56.5 Å². The maximum atomic E-state index is 13.4. The Labute approximate surface area is 218 Å². The van der Waals surface area contributed by atoms with Crippen LogP contribution in [0.15, 0.2) is 47.4 Å². The minimum absolute atomic E-state index is 0.0269. The molecule has 0 spiro atoms. The van der Waals surface area contributed by atoms with Crippen LogP contribution in [0.5, 0.6) is 0 Å². The number of amides is 1. The number of hydrogen-bond acceptors (Lipinski definition) is 6. The number of sulfonamides is 1. The number of carbonyl (C=O) groups excluding carboxylic acids is 1. The molecule has 13 heteroatoms. The summed E-state index contributed by atoms with van der Waals surface area (Å²) in [5.74, 6) is -1.04. The number of hydrogen-bond donors (Lipinski definition) is 1. The van der Waals surface area contributed by atoms with Gasteiger partial charge in [-0.15, -0.1) is 0 Å². The molecule has 4 rings (SSSR count). The van der Waals surface area contributed by atoms with E-state index in [0.717, 1.165) is 12.1 Å². The van der Waals surface area contributed by atoms with E-state index < -0.39 is 26.7 Å². The van der Waals surface area contributed by atoms with Gasteiger partial charge in [0, 0.05) is 36.2 Å². The molecule has 0 unspecified atom stereocenters. The van der Waals surface area contributed by atoms with Gasteiger partial charge in [-0.1, -0.05) is 17.7 Å².